The second-order valence-electron chi connectivity index (χ2n) is 10.2. The lowest BCUT2D eigenvalue weighted by Crippen LogP contribution is -2.37. The van der Waals surface area contributed by atoms with Crippen LogP contribution in [0.4, 0.5) is 5.82 Å². The number of hydrogen-bond acceptors (Lipinski definition) is 6. The van der Waals surface area contributed by atoms with E-state index in [1.807, 2.05) is 53.7 Å². The second-order valence-corrected chi connectivity index (χ2v) is 13.5. The third-order valence-corrected chi connectivity index (χ3v) is 9.17. The molecular formula is C27H32ClN5O3S2. The summed E-state index contributed by atoms with van der Waals surface area (Å²) in [5.74, 6) is 0.457. The van der Waals surface area contributed by atoms with E-state index in [1.54, 1.807) is 10.7 Å². The molecule has 0 atom stereocenters. The van der Waals surface area contributed by atoms with Crippen LogP contribution in [0.5, 0.6) is 0 Å². The molecule has 1 N–H and O–H groups in total. The summed E-state index contributed by atoms with van der Waals surface area (Å²) in [5.41, 5.74) is 2.83. The maximum absolute atomic E-state index is 13.3. The molecule has 0 unspecified atom stereocenters. The summed E-state index contributed by atoms with van der Waals surface area (Å²) in [5, 5.41) is 8.60. The van der Waals surface area contributed by atoms with Crippen LogP contribution in [0.15, 0.2) is 47.4 Å². The molecule has 0 fully saturated rings. The molecule has 38 heavy (non-hydrogen) atoms. The van der Waals surface area contributed by atoms with E-state index in [0.717, 1.165) is 15.8 Å². The highest BCUT2D eigenvalue weighted by Gasteiger charge is 2.26. The van der Waals surface area contributed by atoms with E-state index in [0.29, 0.717) is 40.3 Å². The van der Waals surface area contributed by atoms with E-state index in [2.05, 4.69) is 10.4 Å². The SMILES string of the molecule is Cc1cc(NC(=O)c2ccc(S(=O)(=O)N(CC(C)C)CC(C)C)cc2)n(-c2nc3c(C)ccc(Cl)c3s2)n1. The molecule has 2 aromatic heterocycles. The van der Waals surface area contributed by atoms with Gasteiger partial charge in [0.05, 0.1) is 25.8 Å². The van der Waals surface area contributed by atoms with Crippen molar-refractivity contribution in [1.29, 1.82) is 0 Å². The van der Waals surface area contributed by atoms with Crippen LogP contribution in [0, 0.1) is 25.7 Å². The summed E-state index contributed by atoms with van der Waals surface area (Å²) in [7, 11) is -3.68. The van der Waals surface area contributed by atoms with Gasteiger partial charge in [0.25, 0.3) is 5.91 Å². The Morgan fingerprint density at radius 3 is 2.26 bits per heavy atom. The molecule has 0 saturated carbocycles. The summed E-state index contributed by atoms with van der Waals surface area (Å²) in [6, 6.07) is 11.5. The number of aryl methyl sites for hydroxylation is 2. The van der Waals surface area contributed by atoms with Crippen LogP contribution in [-0.4, -0.2) is 46.5 Å². The predicted octanol–water partition coefficient (Wildman–Crippen LogP) is 6.31. The maximum Gasteiger partial charge on any atom is 0.256 e. The predicted molar refractivity (Wildman–Crippen MR) is 154 cm³/mol. The molecule has 8 nitrogen and oxygen atoms in total. The van der Waals surface area contributed by atoms with E-state index >= 15 is 0 Å². The van der Waals surface area contributed by atoms with Gasteiger partial charge in [0.2, 0.25) is 15.2 Å². The largest absolute Gasteiger partial charge is 0.306 e. The fraction of sp³-hybridized carbons (Fsp3) is 0.370. The number of aromatic nitrogens is 3. The lowest BCUT2D eigenvalue weighted by atomic mass is 10.2. The van der Waals surface area contributed by atoms with Gasteiger partial charge in [-0.05, 0) is 61.6 Å². The zero-order valence-corrected chi connectivity index (χ0v) is 24.7. The van der Waals surface area contributed by atoms with E-state index in [9.17, 15) is 13.2 Å². The lowest BCUT2D eigenvalue weighted by Gasteiger charge is -2.25. The van der Waals surface area contributed by atoms with E-state index in [4.69, 9.17) is 16.6 Å². The molecule has 0 spiro atoms. The molecule has 0 radical (unpaired) electrons. The first-order chi connectivity index (χ1) is 17.9. The highest BCUT2D eigenvalue weighted by molar-refractivity contribution is 7.89. The van der Waals surface area contributed by atoms with Gasteiger partial charge in [-0.2, -0.15) is 14.1 Å². The average Bonchev–Trinajstić information content (AvgIpc) is 3.45. The molecule has 0 aliphatic rings. The van der Waals surface area contributed by atoms with Crippen molar-refractivity contribution in [3.8, 4) is 5.13 Å². The van der Waals surface area contributed by atoms with Crippen LogP contribution in [0.1, 0.15) is 49.3 Å². The van der Waals surface area contributed by atoms with Crippen LogP contribution >= 0.6 is 22.9 Å². The standard InChI is InChI=1S/C27H32ClN5O3S2/c1-16(2)14-32(15-17(3)4)38(35,36)21-10-8-20(9-11-21)26(34)29-23-13-19(6)31-33(23)27-30-24-18(5)7-12-22(28)25(24)37-27/h7-13,16-17H,14-15H2,1-6H3,(H,29,34). The Morgan fingerprint density at radius 1 is 1.05 bits per heavy atom. The van der Waals surface area contributed by atoms with Gasteiger partial charge < -0.3 is 5.32 Å². The molecule has 0 bridgehead atoms. The first-order valence-electron chi connectivity index (χ1n) is 12.4. The van der Waals surface area contributed by atoms with Gasteiger partial charge in [-0.3, -0.25) is 4.79 Å². The number of amides is 1. The summed E-state index contributed by atoms with van der Waals surface area (Å²) in [6.45, 7) is 12.6. The van der Waals surface area contributed by atoms with Gasteiger partial charge in [0.1, 0.15) is 5.82 Å². The van der Waals surface area contributed by atoms with Crippen molar-refractivity contribution in [3.05, 3.63) is 64.3 Å². The smallest absolute Gasteiger partial charge is 0.256 e. The Morgan fingerprint density at radius 2 is 1.68 bits per heavy atom. The number of nitrogens with one attached hydrogen (secondary N) is 1. The summed E-state index contributed by atoms with van der Waals surface area (Å²) < 4.78 is 30.6. The Balaban J connectivity index is 1.58. The Bertz CT molecular complexity index is 1530. The molecule has 1 amide bonds. The fourth-order valence-corrected chi connectivity index (χ4v) is 7.17. The monoisotopic (exact) mass is 573 g/mol. The van der Waals surface area contributed by atoms with E-state index < -0.39 is 10.0 Å². The average molecular weight is 574 g/mol. The zero-order valence-electron chi connectivity index (χ0n) is 22.3. The number of sulfonamides is 1. The van der Waals surface area contributed by atoms with E-state index in [-0.39, 0.29) is 22.6 Å². The number of anilines is 1. The van der Waals surface area contributed by atoms with Crippen molar-refractivity contribution in [2.24, 2.45) is 11.8 Å². The van der Waals surface area contributed by atoms with Crippen LogP contribution in [-0.2, 0) is 10.0 Å². The Kier molecular flexibility index (Phi) is 8.27. The first kappa shape index (κ1) is 28.2. The van der Waals surface area contributed by atoms with Crippen LogP contribution in [0.25, 0.3) is 15.3 Å². The number of carbonyl (C=O) groups is 1. The summed E-state index contributed by atoms with van der Waals surface area (Å²) in [6.07, 6.45) is 0. The molecular weight excluding hydrogens is 542 g/mol. The Labute approximate surface area is 232 Å². The maximum atomic E-state index is 13.3. The molecule has 0 aliphatic heterocycles. The highest BCUT2D eigenvalue weighted by atomic mass is 35.5. The lowest BCUT2D eigenvalue weighted by molar-refractivity contribution is 0.102. The topological polar surface area (TPSA) is 97.2 Å². The minimum Gasteiger partial charge on any atom is -0.306 e. The molecule has 2 heterocycles. The normalized spacial score (nSPS) is 12.3. The van der Waals surface area contributed by atoms with Crippen LogP contribution in [0.3, 0.4) is 0 Å². The van der Waals surface area contributed by atoms with Crippen LogP contribution in [0.2, 0.25) is 5.02 Å². The van der Waals surface area contributed by atoms with Crippen molar-refractivity contribution in [2.75, 3.05) is 18.4 Å². The van der Waals surface area contributed by atoms with Crippen LogP contribution < -0.4 is 5.32 Å². The second kappa shape index (κ2) is 11.1. The number of halogens is 1. The highest BCUT2D eigenvalue weighted by Crippen LogP contribution is 2.34. The van der Waals surface area contributed by atoms with Gasteiger partial charge in [0, 0.05) is 24.7 Å². The quantitative estimate of drug-likeness (QED) is 0.253. The number of carbonyl (C=O) groups excluding carboxylic acids is 1. The number of fused-ring (bicyclic) bond motifs is 1. The Hall–Kier alpha value is -2.79. The van der Waals surface area contributed by atoms with Crippen molar-refractivity contribution < 1.29 is 13.2 Å². The van der Waals surface area contributed by atoms with Crippen molar-refractivity contribution in [1.82, 2.24) is 19.1 Å². The third kappa shape index (κ3) is 5.93. The molecule has 4 rings (SSSR count). The molecule has 2 aromatic carbocycles. The fourth-order valence-electron chi connectivity index (χ4n) is 4.12. The molecule has 4 aromatic rings. The summed E-state index contributed by atoms with van der Waals surface area (Å²) >= 11 is 7.77. The van der Waals surface area contributed by atoms with Crippen molar-refractivity contribution in [3.63, 3.8) is 0 Å². The van der Waals surface area contributed by atoms with Crippen molar-refractivity contribution in [2.45, 2.75) is 46.4 Å². The number of hydrogen-bond donors (Lipinski definition) is 1. The van der Waals surface area contributed by atoms with Crippen molar-refractivity contribution >= 4 is 54.9 Å². The number of rotatable bonds is 9. The number of nitrogens with zero attached hydrogens (tertiary/aromatic N) is 4. The summed E-state index contributed by atoms with van der Waals surface area (Å²) in [4.78, 5) is 18.0. The minimum absolute atomic E-state index is 0.165. The van der Waals surface area contributed by atoms with Gasteiger partial charge in [-0.1, -0.05) is 56.7 Å². The van der Waals surface area contributed by atoms with Gasteiger partial charge in [-0.15, -0.1) is 0 Å². The number of thiazole rings is 1. The molecule has 0 saturated heterocycles. The molecule has 202 valence electrons. The molecule has 11 heteroatoms. The van der Waals surface area contributed by atoms with Gasteiger partial charge >= 0.3 is 0 Å². The first-order valence-corrected chi connectivity index (χ1v) is 15.0. The third-order valence-electron chi connectivity index (χ3n) is 5.83. The minimum atomic E-state index is -3.68. The van der Waals surface area contributed by atoms with Gasteiger partial charge in [-0.25, -0.2) is 13.4 Å². The van der Waals surface area contributed by atoms with E-state index in [1.165, 1.54) is 39.9 Å². The zero-order chi connectivity index (χ0) is 27.8. The number of benzene rings is 2. The van der Waals surface area contributed by atoms with Gasteiger partial charge in [0.15, 0.2) is 0 Å². The molecule has 0 aliphatic carbocycles.